The number of nitrogens with zero attached hydrogens (tertiary/aromatic N) is 4. The lowest BCUT2D eigenvalue weighted by atomic mass is 10.2. The Kier molecular flexibility index (Phi) is 5.36. The van der Waals surface area contributed by atoms with Crippen molar-refractivity contribution in [3.05, 3.63) is 33.3 Å². The molecule has 10 heteroatoms. The number of alkyl halides is 3. The fourth-order valence-electron chi connectivity index (χ4n) is 2.23. The summed E-state index contributed by atoms with van der Waals surface area (Å²) in [5.74, 6) is -0.266. The second kappa shape index (κ2) is 6.96. The highest BCUT2D eigenvalue weighted by Gasteiger charge is 2.37. The van der Waals surface area contributed by atoms with Crippen LogP contribution in [0.2, 0.25) is 0 Å². The molecule has 0 saturated heterocycles. The molecule has 0 bridgehead atoms. The fourth-order valence-corrected chi connectivity index (χ4v) is 2.74. The average Bonchev–Trinajstić information content (AvgIpc) is 2.94. The summed E-state index contributed by atoms with van der Waals surface area (Å²) in [6, 6.07) is 0. The molecule has 2 heterocycles. The molecule has 0 aliphatic heterocycles. The molecule has 0 aliphatic rings. The van der Waals surface area contributed by atoms with E-state index in [0.29, 0.717) is 12.2 Å². The van der Waals surface area contributed by atoms with Gasteiger partial charge in [0.15, 0.2) is 5.69 Å². The van der Waals surface area contributed by atoms with Crippen molar-refractivity contribution in [3.63, 3.8) is 0 Å². The molecule has 2 rings (SSSR count). The van der Waals surface area contributed by atoms with Gasteiger partial charge < -0.3 is 5.32 Å². The summed E-state index contributed by atoms with van der Waals surface area (Å²) in [5, 5.41) is 10.4. The molecule has 24 heavy (non-hydrogen) atoms. The highest BCUT2D eigenvalue weighted by atomic mass is 79.9. The molecule has 2 aromatic rings. The molecule has 0 aromatic carbocycles. The van der Waals surface area contributed by atoms with Gasteiger partial charge in [-0.15, -0.1) is 0 Å². The minimum Gasteiger partial charge on any atom is -0.352 e. The van der Waals surface area contributed by atoms with Gasteiger partial charge in [-0.2, -0.15) is 23.4 Å². The van der Waals surface area contributed by atoms with Crippen molar-refractivity contribution < 1.29 is 18.0 Å². The van der Waals surface area contributed by atoms with E-state index in [0.717, 1.165) is 11.3 Å². The quantitative estimate of drug-likeness (QED) is 0.828. The summed E-state index contributed by atoms with van der Waals surface area (Å²) >= 11 is 2.90. The number of carbonyl (C=O) groups is 1. The normalized spacial score (nSPS) is 11.8. The molecular weight excluding hydrogens is 391 g/mol. The number of aryl methyl sites for hydroxylation is 3. The van der Waals surface area contributed by atoms with E-state index in [4.69, 9.17) is 0 Å². The number of amides is 1. The van der Waals surface area contributed by atoms with Crippen molar-refractivity contribution in [2.45, 2.75) is 39.5 Å². The van der Waals surface area contributed by atoms with Crippen molar-refractivity contribution in [2.24, 2.45) is 7.05 Å². The largest absolute Gasteiger partial charge is 0.436 e. The summed E-state index contributed by atoms with van der Waals surface area (Å²) in [4.78, 5) is 11.9. The Morgan fingerprint density at radius 1 is 1.33 bits per heavy atom. The molecular formula is C14H17BrF3N5O. The summed E-state index contributed by atoms with van der Waals surface area (Å²) in [6.07, 6.45) is -2.69. The Morgan fingerprint density at radius 2 is 2.00 bits per heavy atom. The van der Waals surface area contributed by atoms with Crippen molar-refractivity contribution in [3.8, 4) is 0 Å². The van der Waals surface area contributed by atoms with Crippen molar-refractivity contribution in [1.82, 2.24) is 24.9 Å². The number of nitrogens with one attached hydrogen (secondary N) is 1. The molecule has 0 fully saturated rings. The highest BCUT2D eigenvalue weighted by molar-refractivity contribution is 9.10. The molecule has 6 nitrogen and oxygen atoms in total. The van der Waals surface area contributed by atoms with E-state index in [1.807, 2.05) is 6.92 Å². The number of halogens is 4. The summed E-state index contributed by atoms with van der Waals surface area (Å²) in [7, 11) is 1.79. The molecule has 0 unspecified atom stereocenters. The minimum absolute atomic E-state index is 0.0333. The van der Waals surface area contributed by atoms with Gasteiger partial charge in [0, 0.05) is 31.8 Å². The predicted octanol–water partition coefficient (Wildman–Crippen LogP) is 2.72. The van der Waals surface area contributed by atoms with Crippen LogP contribution < -0.4 is 5.32 Å². The average molecular weight is 408 g/mol. The Balaban J connectivity index is 1.93. The van der Waals surface area contributed by atoms with Crippen LogP contribution in [-0.4, -0.2) is 25.5 Å². The van der Waals surface area contributed by atoms with Crippen LogP contribution >= 0.6 is 15.9 Å². The molecule has 0 atom stereocenters. The van der Waals surface area contributed by atoms with Crippen LogP contribution in [0.5, 0.6) is 0 Å². The van der Waals surface area contributed by atoms with Crippen LogP contribution in [0, 0.1) is 13.8 Å². The van der Waals surface area contributed by atoms with Crippen LogP contribution in [0.4, 0.5) is 13.2 Å². The van der Waals surface area contributed by atoms with Gasteiger partial charge in [-0.3, -0.25) is 14.2 Å². The highest BCUT2D eigenvalue weighted by Crippen LogP contribution is 2.35. The van der Waals surface area contributed by atoms with Crippen LogP contribution in [-0.2, 0) is 31.1 Å². The first-order chi connectivity index (χ1) is 11.1. The smallest absolute Gasteiger partial charge is 0.352 e. The number of hydrogen-bond acceptors (Lipinski definition) is 3. The number of hydrogen-bond donors (Lipinski definition) is 1. The molecule has 1 amide bonds. The molecule has 0 radical (unpaired) electrons. The van der Waals surface area contributed by atoms with Crippen LogP contribution in [0.25, 0.3) is 0 Å². The minimum atomic E-state index is -4.53. The summed E-state index contributed by atoms with van der Waals surface area (Å²) in [6.45, 7) is 3.75. The molecule has 1 N–H and O–H groups in total. The Morgan fingerprint density at radius 3 is 2.50 bits per heavy atom. The zero-order chi connectivity index (χ0) is 18.1. The lowest BCUT2D eigenvalue weighted by molar-refractivity contribution is -0.142. The van der Waals surface area contributed by atoms with E-state index in [9.17, 15) is 18.0 Å². The van der Waals surface area contributed by atoms with Gasteiger partial charge in [0.1, 0.15) is 0 Å². The molecule has 0 spiro atoms. The zero-order valence-corrected chi connectivity index (χ0v) is 15.0. The standard InChI is InChI=1S/C14H17BrF3N5O/c1-8-10(7-22(3)20-8)6-19-11(24)4-5-23-9(2)12(15)13(21-23)14(16,17)18/h7H,4-6H2,1-3H3,(H,19,24). The van der Waals surface area contributed by atoms with Gasteiger partial charge in [-0.25, -0.2) is 0 Å². The molecule has 0 saturated carbocycles. The van der Waals surface area contributed by atoms with Gasteiger partial charge in [0.2, 0.25) is 5.91 Å². The van der Waals surface area contributed by atoms with Gasteiger partial charge in [0.25, 0.3) is 0 Å². The molecule has 132 valence electrons. The van der Waals surface area contributed by atoms with E-state index >= 15 is 0 Å². The van der Waals surface area contributed by atoms with Crippen LogP contribution in [0.3, 0.4) is 0 Å². The van der Waals surface area contributed by atoms with E-state index < -0.39 is 11.9 Å². The van der Waals surface area contributed by atoms with E-state index in [-0.39, 0.29) is 23.3 Å². The molecule has 0 aliphatic carbocycles. The third-order valence-corrected chi connectivity index (χ3v) is 4.49. The number of carbonyl (C=O) groups excluding carboxylic acids is 1. The number of rotatable bonds is 5. The Labute approximate surface area is 145 Å². The predicted molar refractivity (Wildman–Crippen MR) is 84.1 cm³/mol. The Hall–Kier alpha value is -1.84. The van der Waals surface area contributed by atoms with E-state index in [1.54, 1.807) is 17.9 Å². The first-order valence-corrected chi connectivity index (χ1v) is 7.94. The second-order valence-corrected chi connectivity index (χ2v) is 6.20. The van der Waals surface area contributed by atoms with Crippen molar-refractivity contribution >= 4 is 21.8 Å². The third-order valence-electron chi connectivity index (χ3n) is 3.54. The number of aromatic nitrogens is 4. The summed E-state index contributed by atoms with van der Waals surface area (Å²) < 4.78 is 41.1. The van der Waals surface area contributed by atoms with Gasteiger partial charge in [0.05, 0.1) is 22.4 Å². The Bertz CT molecular complexity index is 750. The van der Waals surface area contributed by atoms with E-state index in [2.05, 4.69) is 31.4 Å². The first kappa shape index (κ1) is 18.5. The lowest BCUT2D eigenvalue weighted by Crippen LogP contribution is -2.24. The first-order valence-electron chi connectivity index (χ1n) is 7.15. The van der Waals surface area contributed by atoms with E-state index in [1.165, 1.54) is 11.6 Å². The maximum Gasteiger partial charge on any atom is 0.436 e. The van der Waals surface area contributed by atoms with Crippen LogP contribution in [0.15, 0.2) is 10.7 Å². The van der Waals surface area contributed by atoms with Gasteiger partial charge >= 0.3 is 6.18 Å². The van der Waals surface area contributed by atoms with Gasteiger partial charge in [-0.05, 0) is 29.8 Å². The summed E-state index contributed by atoms with van der Waals surface area (Å²) in [5.41, 5.74) is 1.06. The zero-order valence-electron chi connectivity index (χ0n) is 13.4. The maximum absolute atomic E-state index is 12.8. The molecule has 2 aromatic heterocycles. The van der Waals surface area contributed by atoms with Crippen LogP contribution in [0.1, 0.15) is 29.1 Å². The SMILES string of the molecule is Cc1nn(C)cc1CNC(=O)CCn1nc(C(F)(F)F)c(Br)c1C. The topological polar surface area (TPSA) is 64.7 Å². The maximum atomic E-state index is 12.8. The lowest BCUT2D eigenvalue weighted by Gasteiger charge is -2.06. The van der Waals surface area contributed by atoms with Gasteiger partial charge in [-0.1, -0.05) is 0 Å². The van der Waals surface area contributed by atoms with Crippen molar-refractivity contribution in [2.75, 3.05) is 0 Å². The third kappa shape index (κ3) is 4.16. The van der Waals surface area contributed by atoms with Crippen molar-refractivity contribution in [1.29, 1.82) is 0 Å². The monoisotopic (exact) mass is 407 g/mol. The fraction of sp³-hybridized carbons (Fsp3) is 0.500. The second-order valence-electron chi connectivity index (χ2n) is 5.41.